The Hall–Kier alpha value is -2.41. The largest absolute Gasteiger partial charge is 0.453 e. The summed E-state index contributed by atoms with van der Waals surface area (Å²) in [7, 11) is 0. The van der Waals surface area contributed by atoms with Gasteiger partial charge in [-0.25, -0.2) is 0 Å². The molecular weight excluding hydrogens is 290 g/mol. The lowest BCUT2D eigenvalue weighted by molar-refractivity contribution is 0.0943. The highest BCUT2D eigenvalue weighted by Gasteiger charge is 2.17. The van der Waals surface area contributed by atoms with Crippen molar-refractivity contribution in [1.29, 1.82) is 5.26 Å². The minimum absolute atomic E-state index is 0.112. The summed E-state index contributed by atoms with van der Waals surface area (Å²) in [4.78, 5) is 24.5. The Morgan fingerprint density at radius 1 is 1.22 bits per heavy atom. The smallest absolute Gasteiger partial charge is 0.198 e. The maximum Gasteiger partial charge on any atom is 0.198 e. The molecule has 1 saturated carbocycles. The molecule has 1 aliphatic carbocycles. The zero-order valence-electron chi connectivity index (χ0n) is 13.0. The number of hydrogen-bond donors (Lipinski definition) is 0. The van der Waals surface area contributed by atoms with Crippen molar-refractivity contribution in [2.45, 2.75) is 44.9 Å². The fraction of sp³-hybridized carbons (Fsp3) is 0.421. The average Bonchev–Trinajstić information content (AvgIpc) is 2.60. The van der Waals surface area contributed by atoms with E-state index in [1.165, 1.54) is 44.2 Å². The number of ketones is 1. The van der Waals surface area contributed by atoms with Gasteiger partial charge in [-0.1, -0.05) is 32.1 Å². The fourth-order valence-electron chi connectivity index (χ4n) is 3.30. The molecule has 1 fully saturated rings. The summed E-state index contributed by atoms with van der Waals surface area (Å²) < 4.78 is 5.58. The van der Waals surface area contributed by atoms with Gasteiger partial charge in [0, 0.05) is 12.5 Å². The first-order valence-corrected chi connectivity index (χ1v) is 8.18. The van der Waals surface area contributed by atoms with Crippen LogP contribution in [0.5, 0.6) is 0 Å². The van der Waals surface area contributed by atoms with E-state index in [9.17, 15) is 9.59 Å². The number of Topliss-reactive ketones (excluding diaryl/α,β-unsaturated/α-hetero) is 1. The van der Waals surface area contributed by atoms with Crippen molar-refractivity contribution in [1.82, 2.24) is 0 Å². The van der Waals surface area contributed by atoms with E-state index in [0.29, 0.717) is 28.9 Å². The Labute approximate surface area is 134 Å². The topological polar surface area (TPSA) is 71.1 Å². The lowest BCUT2D eigenvalue weighted by Gasteiger charge is -2.20. The maximum absolute atomic E-state index is 12.3. The van der Waals surface area contributed by atoms with Gasteiger partial charge in [0.15, 0.2) is 17.0 Å². The number of hydrogen-bond acceptors (Lipinski definition) is 4. The molecule has 0 atom stereocenters. The van der Waals surface area contributed by atoms with E-state index < -0.39 is 0 Å². The molecule has 0 saturated heterocycles. The van der Waals surface area contributed by atoms with Crippen LogP contribution in [0.3, 0.4) is 0 Å². The first kappa shape index (κ1) is 15.5. The van der Waals surface area contributed by atoms with E-state index in [4.69, 9.17) is 9.68 Å². The van der Waals surface area contributed by atoms with Crippen LogP contribution in [-0.4, -0.2) is 5.78 Å². The highest BCUT2D eigenvalue weighted by Crippen LogP contribution is 2.28. The highest BCUT2D eigenvalue weighted by atomic mass is 16.3. The SMILES string of the molecule is N#Cc1ccc2oc(C(=O)CCC3CCCCC3)cc(=O)c2c1. The molecule has 118 valence electrons. The lowest BCUT2D eigenvalue weighted by atomic mass is 9.85. The van der Waals surface area contributed by atoms with E-state index in [-0.39, 0.29) is 17.0 Å². The summed E-state index contributed by atoms with van der Waals surface area (Å²) >= 11 is 0. The average molecular weight is 309 g/mol. The molecule has 1 aromatic heterocycles. The molecule has 0 amide bonds. The number of rotatable bonds is 4. The third-order valence-corrected chi connectivity index (χ3v) is 4.64. The molecular formula is C19H19NO3. The van der Waals surface area contributed by atoms with Crippen molar-refractivity contribution in [3.05, 3.63) is 45.8 Å². The van der Waals surface area contributed by atoms with Crippen molar-refractivity contribution < 1.29 is 9.21 Å². The van der Waals surface area contributed by atoms with Crippen LogP contribution in [0, 0.1) is 17.2 Å². The highest BCUT2D eigenvalue weighted by molar-refractivity contribution is 5.94. The molecule has 1 aromatic carbocycles. The van der Waals surface area contributed by atoms with Crippen LogP contribution in [0.2, 0.25) is 0 Å². The van der Waals surface area contributed by atoms with Crippen LogP contribution in [-0.2, 0) is 0 Å². The van der Waals surface area contributed by atoms with E-state index in [1.807, 2.05) is 6.07 Å². The normalized spacial score (nSPS) is 15.4. The molecule has 3 rings (SSSR count). The standard InChI is InChI=1S/C19H19NO3/c20-12-14-7-9-18-15(10-14)17(22)11-19(23-18)16(21)8-6-13-4-2-1-3-5-13/h7,9-11,13H,1-6,8H2. The predicted molar refractivity (Wildman–Crippen MR) is 87.3 cm³/mol. The van der Waals surface area contributed by atoms with Crippen molar-refractivity contribution in [2.24, 2.45) is 5.92 Å². The van der Waals surface area contributed by atoms with Crippen molar-refractivity contribution in [3.63, 3.8) is 0 Å². The Morgan fingerprint density at radius 3 is 2.74 bits per heavy atom. The van der Waals surface area contributed by atoms with Crippen molar-refractivity contribution in [3.8, 4) is 6.07 Å². The van der Waals surface area contributed by atoms with Gasteiger partial charge in [0.05, 0.1) is 17.0 Å². The van der Waals surface area contributed by atoms with Crippen LogP contribution < -0.4 is 5.43 Å². The maximum atomic E-state index is 12.3. The molecule has 0 unspecified atom stereocenters. The molecule has 1 aliphatic rings. The summed E-state index contributed by atoms with van der Waals surface area (Å²) in [6.45, 7) is 0. The number of carbonyl (C=O) groups excluding carboxylic acids is 1. The quantitative estimate of drug-likeness (QED) is 0.793. The van der Waals surface area contributed by atoms with Crippen LogP contribution >= 0.6 is 0 Å². The van der Waals surface area contributed by atoms with Gasteiger partial charge in [0.1, 0.15) is 5.58 Å². The molecule has 4 heteroatoms. The molecule has 1 heterocycles. The third-order valence-electron chi connectivity index (χ3n) is 4.64. The minimum Gasteiger partial charge on any atom is -0.453 e. The minimum atomic E-state index is -0.274. The molecule has 2 aromatic rings. The summed E-state index contributed by atoms with van der Waals surface area (Å²) in [6, 6.07) is 7.91. The van der Waals surface area contributed by atoms with Gasteiger partial charge in [-0.2, -0.15) is 5.26 Å². The summed E-state index contributed by atoms with van der Waals surface area (Å²) in [6.07, 6.45) is 7.51. The van der Waals surface area contributed by atoms with E-state index in [1.54, 1.807) is 12.1 Å². The Balaban J connectivity index is 1.78. The van der Waals surface area contributed by atoms with Gasteiger partial charge in [-0.05, 0) is 30.5 Å². The van der Waals surface area contributed by atoms with Crippen LogP contribution in [0.25, 0.3) is 11.0 Å². The van der Waals surface area contributed by atoms with E-state index in [2.05, 4.69) is 0 Å². The summed E-state index contributed by atoms with van der Waals surface area (Å²) in [5.74, 6) is 0.639. The molecule has 0 bridgehead atoms. The number of benzene rings is 1. The molecule has 0 radical (unpaired) electrons. The number of nitrogens with zero attached hydrogens (tertiary/aromatic N) is 1. The zero-order chi connectivity index (χ0) is 16.2. The lowest BCUT2D eigenvalue weighted by Crippen LogP contribution is -2.11. The second-order valence-electron chi connectivity index (χ2n) is 6.26. The van der Waals surface area contributed by atoms with Gasteiger partial charge in [0.2, 0.25) is 0 Å². The summed E-state index contributed by atoms with van der Waals surface area (Å²) in [5, 5.41) is 9.23. The number of carbonyl (C=O) groups is 1. The van der Waals surface area contributed by atoms with Crippen molar-refractivity contribution >= 4 is 16.8 Å². The third kappa shape index (κ3) is 3.50. The van der Waals surface area contributed by atoms with Crippen LogP contribution in [0.4, 0.5) is 0 Å². The second kappa shape index (κ2) is 6.78. The molecule has 23 heavy (non-hydrogen) atoms. The Bertz CT molecular complexity index is 823. The molecule has 4 nitrogen and oxygen atoms in total. The van der Waals surface area contributed by atoms with Gasteiger partial charge >= 0.3 is 0 Å². The fourth-order valence-corrected chi connectivity index (χ4v) is 3.30. The first-order chi connectivity index (χ1) is 11.2. The Kier molecular flexibility index (Phi) is 4.57. The van der Waals surface area contributed by atoms with Gasteiger partial charge < -0.3 is 4.42 Å². The Morgan fingerprint density at radius 2 is 2.00 bits per heavy atom. The molecule has 0 N–H and O–H groups in total. The van der Waals surface area contributed by atoms with Gasteiger partial charge in [0.25, 0.3) is 0 Å². The van der Waals surface area contributed by atoms with E-state index in [0.717, 1.165) is 6.42 Å². The van der Waals surface area contributed by atoms with Crippen molar-refractivity contribution in [2.75, 3.05) is 0 Å². The molecule has 0 spiro atoms. The van der Waals surface area contributed by atoms with Gasteiger partial charge in [-0.15, -0.1) is 0 Å². The van der Waals surface area contributed by atoms with Gasteiger partial charge in [-0.3, -0.25) is 9.59 Å². The molecule has 0 aliphatic heterocycles. The monoisotopic (exact) mass is 309 g/mol. The predicted octanol–water partition coefficient (Wildman–Crippen LogP) is 4.21. The number of nitriles is 1. The van der Waals surface area contributed by atoms with E-state index >= 15 is 0 Å². The van der Waals surface area contributed by atoms with Crippen LogP contribution in [0.1, 0.15) is 61.1 Å². The first-order valence-electron chi connectivity index (χ1n) is 8.18. The summed E-state index contributed by atoms with van der Waals surface area (Å²) in [5.41, 5.74) is 0.489. The number of fused-ring (bicyclic) bond motifs is 1. The van der Waals surface area contributed by atoms with Crippen LogP contribution in [0.15, 0.2) is 33.5 Å². The zero-order valence-corrected chi connectivity index (χ0v) is 13.0. The second-order valence-corrected chi connectivity index (χ2v) is 6.26.